The molecule has 1 aliphatic rings. The van der Waals surface area contributed by atoms with Crippen molar-refractivity contribution in [2.75, 3.05) is 18.4 Å². The maximum Gasteiger partial charge on any atom is 0.297 e. The third kappa shape index (κ3) is 3.88. The van der Waals surface area contributed by atoms with E-state index in [1.165, 1.54) is 33.0 Å². The second kappa shape index (κ2) is 7.53. The van der Waals surface area contributed by atoms with Gasteiger partial charge in [-0.2, -0.15) is 0 Å². The first-order chi connectivity index (χ1) is 13.1. The number of halogens is 1. The number of hydrogen-bond donors (Lipinski definition) is 2. The van der Waals surface area contributed by atoms with Crippen molar-refractivity contribution < 1.29 is 9.18 Å². The molecular weight excluding hydrogens is 367 g/mol. The van der Waals surface area contributed by atoms with Gasteiger partial charge in [0.05, 0.1) is 5.69 Å². The van der Waals surface area contributed by atoms with Crippen molar-refractivity contribution in [3.05, 3.63) is 52.8 Å². The van der Waals surface area contributed by atoms with E-state index >= 15 is 0 Å². The highest BCUT2D eigenvalue weighted by atomic mass is 32.1. The Hall–Kier alpha value is -2.65. The van der Waals surface area contributed by atoms with Crippen LogP contribution in [0.1, 0.15) is 40.1 Å². The van der Waals surface area contributed by atoms with Crippen LogP contribution in [0, 0.1) is 12.7 Å². The zero-order valence-corrected chi connectivity index (χ0v) is 15.6. The zero-order valence-electron chi connectivity index (χ0n) is 14.8. The fourth-order valence-corrected chi connectivity index (χ4v) is 4.09. The van der Waals surface area contributed by atoms with Crippen molar-refractivity contribution in [2.45, 2.75) is 25.7 Å². The normalized spacial score (nSPS) is 15.0. The first-order valence-electron chi connectivity index (χ1n) is 8.77. The van der Waals surface area contributed by atoms with E-state index in [1.807, 2.05) is 6.20 Å². The number of anilines is 1. The number of thiazole rings is 1. The lowest BCUT2D eigenvalue weighted by Gasteiger charge is -2.20. The number of nitrogens with one attached hydrogen (secondary N) is 2. The molecule has 4 rings (SSSR count). The molecule has 1 fully saturated rings. The number of amides is 1. The third-order valence-electron chi connectivity index (χ3n) is 4.53. The van der Waals surface area contributed by atoms with E-state index in [-0.39, 0.29) is 11.6 Å². The van der Waals surface area contributed by atoms with Crippen LogP contribution in [-0.4, -0.2) is 38.7 Å². The largest absolute Gasteiger partial charge is 0.317 e. The quantitative estimate of drug-likeness (QED) is 0.720. The minimum atomic E-state index is -0.412. The number of piperidine rings is 1. The monoisotopic (exact) mass is 386 g/mol. The third-order valence-corrected chi connectivity index (χ3v) is 5.60. The molecule has 0 unspecified atom stereocenters. The summed E-state index contributed by atoms with van der Waals surface area (Å²) in [6.45, 7) is 3.76. The molecule has 0 atom stereocenters. The highest BCUT2D eigenvalue weighted by Crippen LogP contribution is 2.31. The number of aryl methyl sites for hydroxylation is 1. The van der Waals surface area contributed by atoms with Crippen LogP contribution >= 0.6 is 11.3 Å². The van der Waals surface area contributed by atoms with E-state index in [0.717, 1.165) is 25.9 Å². The molecule has 2 N–H and O–H groups in total. The van der Waals surface area contributed by atoms with Crippen molar-refractivity contribution in [2.24, 2.45) is 0 Å². The number of hydrogen-bond acceptors (Lipinski definition) is 6. The smallest absolute Gasteiger partial charge is 0.297 e. The van der Waals surface area contributed by atoms with Gasteiger partial charge in [-0.15, -0.1) is 16.4 Å². The van der Waals surface area contributed by atoms with Crippen molar-refractivity contribution in [3.8, 4) is 5.69 Å². The van der Waals surface area contributed by atoms with Gasteiger partial charge in [0.15, 0.2) is 5.13 Å². The average molecular weight is 386 g/mol. The Morgan fingerprint density at radius 3 is 2.78 bits per heavy atom. The highest BCUT2D eigenvalue weighted by molar-refractivity contribution is 7.15. The molecule has 0 bridgehead atoms. The van der Waals surface area contributed by atoms with Crippen LogP contribution in [0.3, 0.4) is 0 Å². The van der Waals surface area contributed by atoms with Crippen LogP contribution in [-0.2, 0) is 0 Å². The van der Waals surface area contributed by atoms with E-state index < -0.39 is 5.91 Å². The summed E-state index contributed by atoms with van der Waals surface area (Å²) >= 11 is 1.50. The average Bonchev–Trinajstić information content (AvgIpc) is 3.30. The van der Waals surface area contributed by atoms with Gasteiger partial charge in [-0.3, -0.25) is 10.1 Å². The molecule has 3 heterocycles. The topological polar surface area (TPSA) is 84.7 Å². The predicted octanol–water partition coefficient (Wildman–Crippen LogP) is 2.89. The van der Waals surface area contributed by atoms with Gasteiger partial charge in [-0.05, 0) is 63.0 Å². The molecule has 0 spiro atoms. The van der Waals surface area contributed by atoms with E-state index in [4.69, 9.17) is 0 Å². The van der Waals surface area contributed by atoms with Gasteiger partial charge in [0, 0.05) is 11.1 Å². The summed E-state index contributed by atoms with van der Waals surface area (Å²) in [6.07, 6.45) is 4.00. The second-order valence-electron chi connectivity index (χ2n) is 6.42. The number of nitrogens with zero attached hydrogens (tertiary/aromatic N) is 4. The lowest BCUT2D eigenvalue weighted by atomic mass is 9.97. The summed E-state index contributed by atoms with van der Waals surface area (Å²) in [5, 5.41) is 10.9. The van der Waals surface area contributed by atoms with Gasteiger partial charge in [-0.1, -0.05) is 0 Å². The summed E-state index contributed by atoms with van der Waals surface area (Å²) in [5.74, 6) is 0.345. The summed E-state index contributed by atoms with van der Waals surface area (Å²) in [4.78, 5) is 22.2. The van der Waals surface area contributed by atoms with Gasteiger partial charge < -0.3 is 5.32 Å². The molecule has 0 saturated carbocycles. The highest BCUT2D eigenvalue weighted by Gasteiger charge is 2.20. The fraction of sp³-hybridized carbons (Fsp3) is 0.333. The van der Waals surface area contributed by atoms with Crippen LogP contribution in [0.5, 0.6) is 0 Å². The molecule has 27 heavy (non-hydrogen) atoms. The van der Waals surface area contributed by atoms with E-state index in [9.17, 15) is 9.18 Å². The molecule has 0 aliphatic carbocycles. The Morgan fingerprint density at radius 2 is 2.04 bits per heavy atom. The Kier molecular flexibility index (Phi) is 4.95. The van der Waals surface area contributed by atoms with Gasteiger partial charge in [0.1, 0.15) is 11.6 Å². The van der Waals surface area contributed by atoms with Gasteiger partial charge >= 0.3 is 0 Å². The van der Waals surface area contributed by atoms with Gasteiger partial charge in [0.2, 0.25) is 5.82 Å². The van der Waals surface area contributed by atoms with Gasteiger partial charge in [0.25, 0.3) is 5.91 Å². The van der Waals surface area contributed by atoms with E-state index in [2.05, 4.69) is 25.7 Å². The predicted molar refractivity (Wildman–Crippen MR) is 101 cm³/mol. The summed E-state index contributed by atoms with van der Waals surface area (Å²) in [6, 6.07) is 5.86. The lowest BCUT2D eigenvalue weighted by Crippen LogP contribution is -2.26. The Bertz CT molecular complexity index is 945. The van der Waals surface area contributed by atoms with Crippen LogP contribution in [0.4, 0.5) is 9.52 Å². The van der Waals surface area contributed by atoms with E-state index in [0.29, 0.717) is 22.6 Å². The maximum absolute atomic E-state index is 13.1. The van der Waals surface area contributed by atoms with Crippen LogP contribution in [0.15, 0.2) is 30.5 Å². The van der Waals surface area contributed by atoms with Crippen molar-refractivity contribution in [1.82, 2.24) is 25.1 Å². The Morgan fingerprint density at radius 1 is 1.30 bits per heavy atom. The fourth-order valence-electron chi connectivity index (χ4n) is 3.11. The molecular formula is C18H19FN6OS. The summed E-state index contributed by atoms with van der Waals surface area (Å²) in [5.41, 5.74) is 0.642. The number of aromatic nitrogens is 4. The number of rotatable bonds is 4. The standard InChI is InChI=1S/C18H19FN6OS/c1-11-22-16(24-25(11)14-4-2-13(19)3-5-14)17(26)23-18-21-10-15(27-18)12-6-8-20-9-7-12/h2-5,10,12,20H,6-9H2,1H3,(H,21,23,26). The van der Waals surface area contributed by atoms with Crippen molar-refractivity contribution in [3.63, 3.8) is 0 Å². The zero-order chi connectivity index (χ0) is 18.8. The molecule has 2 aromatic heterocycles. The Balaban J connectivity index is 1.48. The molecule has 9 heteroatoms. The minimum absolute atomic E-state index is 0.0513. The first kappa shape index (κ1) is 17.7. The molecule has 0 radical (unpaired) electrons. The van der Waals surface area contributed by atoms with Crippen molar-refractivity contribution >= 4 is 22.4 Å². The molecule has 7 nitrogen and oxygen atoms in total. The molecule has 1 saturated heterocycles. The lowest BCUT2D eigenvalue weighted by molar-refractivity contribution is 0.101. The van der Waals surface area contributed by atoms with Crippen LogP contribution in [0.25, 0.3) is 5.69 Å². The van der Waals surface area contributed by atoms with E-state index in [1.54, 1.807) is 19.1 Å². The van der Waals surface area contributed by atoms with Gasteiger partial charge in [-0.25, -0.2) is 19.0 Å². The molecule has 1 aliphatic heterocycles. The van der Waals surface area contributed by atoms with Crippen molar-refractivity contribution in [1.29, 1.82) is 0 Å². The summed E-state index contributed by atoms with van der Waals surface area (Å²) in [7, 11) is 0. The Labute approximate surface area is 159 Å². The first-order valence-corrected chi connectivity index (χ1v) is 9.59. The molecule has 1 aromatic carbocycles. The van der Waals surface area contributed by atoms with Crippen LogP contribution < -0.4 is 10.6 Å². The minimum Gasteiger partial charge on any atom is -0.317 e. The van der Waals surface area contributed by atoms with Crippen LogP contribution in [0.2, 0.25) is 0 Å². The second-order valence-corrected chi connectivity index (χ2v) is 7.48. The number of benzene rings is 1. The maximum atomic E-state index is 13.1. The SMILES string of the molecule is Cc1nc(C(=O)Nc2ncc(C3CCNCC3)s2)nn1-c1ccc(F)cc1. The molecule has 3 aromatic rings. The number of carbonyl (C=O) groups is 1. The summed E-state index contributed by atoms with van der Waals surface area (Å²) < 4.78 is 14.6. The number of carbonyl (C=O) groups excluding carboxylic acids is 1. The molecule has 1 amide bonds. The molecule has 140 valence electrons.